The molecule has 29 heavy (non-hydrogen) atoms. The number of piperidine rings is 1. The maximum absolute atomic E-state index is 12.9. The molecule has 1 amide bonds. The van der Waals surface area contributed by atoms with Gasteiger partial charge >= 0.3 is 0 Å². The van der Waals surface area contributed by atoms with Gasteiger partial charge in [-0.3, -0.25) is 9.52 Å². The van der Waals surface area contributed by atoms with Gasteiger partial charge in [0.1, 0.15) is 0 Å². The van der Waals surface area contributed by atoms with Crippen LogP contribution in [0.25, 0.3) is 0 Å². The van der Waals surface area contributed by atoms with Crippen LogP contribution in [-0.2, 0) is 10.0 Å². The molecule has 5 nitrogen and oxygen atoms in total. The van der Waals surface area contributed by atoms with Crippen molar-refractivity contribution in [2.24, 2.45) is 11.8 Å². The van der Waals surface area contributed by atoms with Gasteiger partial charge in [0.05, 0.1) is 10.6 Å². The van der Waals surface area contributed by atoms with Gasteiger partial charge in [-0.25, -0.2) is 8.42 Å². The van der Waals surface area contributed by atoms with Crippen LogP contribution in [0.5, 0.6) is 0 Å². The minimum Gasteiger partial charge on any atom is -0.338 e. The molecule has 2 atom stereocenters. The molecule has 0 radical (unpaired) electrons. The molecule has 154 valence electrons. The number of fused-ring (bicyclic) bond motifs is 1. The van der Waals surface area contributed by atoms with Gasteiger partial charge in [0.15, 0.2) is 0 Å². The van der Waals surface area contributed by atoms with E-state index in [-0.39, 0.29) is 10.8 Å². The molecule has 1 aliphatic carbocycles. The first kappa shape index (κ1) is 20.0. The van der Waals surface area contributed by atoms with Crippen LogP contribution in [0.4, 0.5) is 5.69 Å². The molecule has 0 spiro atoms. The Kier molecular flexibility index (Phi) is 5.63. The quantitative estimate of drug-likeness (QED) is 0.807. The lowest BCUT2D eigenvalue weighted by atomic mass is 9.75. The molecular weight excluding hydrogens is 384 g/mol. The van der Waals surface area contributed by atoms with Crippen molar-refractivity contribution < 1.29 is 13.2 Å². The topological polar surface area (TPSA) is 66.5 Å². The normalized spacial score (nSPS) is 22.0. The molecule has 2 aromatic carbocycles. The van der Waals surface area contributed by atoms with E-state index < -0.39 is 10.0 Å². The number of carbonyl (C=O) groups is 1. The number of para-hydroxylation sites is 1. The minimum atomic E-state index is -3.69. The number of hydrogen-bond donors (Lipinski definition) is 1. The largest absolute Gasteiger partial charge is 0.338 e. The molecule has 2 fully saturated rings. The first-order valence-electron chi connectivity index (χ1n) is 10.4. The molecule has 6 heteroatoms. The van der Waals surface area contributed by atoms with Gasteiger partial charge in [-0.2, -0.15) is 0 Å². The van der Waals surface area contributed by atoms with Gasteiger partial charge < -0.3 is 4.90 Å². The van der Waals surface area contributed by atoms with E-state index in [4.69, 9.17) is 0 Å². The highest BCUT2D eigenvalue weighted by Gasteiger charge is 2.33. The Labute approximate surface area is 173 Å². The third-order valence-electron chi connectivity index (χ3n) is 6.38. The summed E-state index contributed by atoms with van der Waals surface area (Å²) in [4.78, 5) is 15.0. The van der Waals surface area contributed by atoms with Gasteiger partial charge in [0.2, 0.25) is 0 Å². The molecule has 1 heterocycles. The van der Waals surface area contributed by atoms with Crippen LogP contribution in [0.1, 0.15) is 48.0 Å². The maximum atomic E-state index is 12.9. The highest BCUT2D eigenvalue weighted by atomic mass is 32.2. The average molecular weight is 413 g/mol. The smallest absolute Gasteiger partial charge is 0.261 e. The Balaban J connectivity index is 1.46. The first-order chi connectivity index (χ1) is 13.9. The van der Waals surface area contributed by atoms with Crippen molar-refractivity contribution >= 4 is 21.6 Å². The van der Waals surface area contributed by atoms with Crippen LogP contribution in [0.2, 0.25) is 0 Å². The Morgan fingerprint density at radius 2 is 1.66 bits per heavy atom. The molecule has 2 aromatic rings. The molecular formula is C23H28N2O3S. The number of benzene rings is 2. The lowest BCUT2D eigenvalue weighted by Crippen LogP contribution is -2.44. The number of amides is 1. The monoisotopic (exact) mass is 412 g/mol. The van der Waals surface area contributed by atoms with Gasteiger partial charge in [-0.05, 0) is 67.5 Å². The Morgan fingerprint density at radius 1 is 0.966 bits per heavy atom. The lowest BCUT2D eigenvalue weighted by Gasteiger charge is -2.41. The summed E-state index contributed by atoms with van der Waals surface area (Å²) < 4.78 is 28.0. The second kappa shape index (κ2) is 8.19. The van der Waals surface area contributed by atoms with E-state index in [9.17, 15) is 13.2 Å². The van der Waals surface area contributed by atoms with Crippen molar-refractivity contribution in [3.63, 3.8) is 0 Å². The zero-order valence-electron chi connectivity index (χ0n) is 16.8. The predicted octanol–water partition coefficient (Wildman–Crippen LogP) is 4.45. The summed E-state index contributed by atoms with van der Waals surface area (Å²) in [6.07, 6.45) is 6.19. The molecule has 1 aliphatic heterocycles. The van der Waals surface area contributed by atoms with E-state index in [0.29, 0.717) is 17.2 Å². The van der Waals surface area contributed by atoms with Crippen molar-refractivity contribution in [3.8, 4) is 0 Å². The van der Waals surface area contributed by atoms with Gasteiger partial charge in [-0.1, -0.05) is 37.5 Å². The molecule has 2 aliphatic rings. The second-order valence-corrected chi connectivity index (χ2v) is 9.97. The number of anilines is 1. The zero-order valence-corrected chi connectivity index (χ0v) is 17.6. The number of aryl methyl sites for hydroxylation is 1. The fraction of sp³-hybridized carbons (Fsp3) is 0.435. The van der Waals surface area contributed by atoms with Crippen LogP contribution in [-0.4, -0.2) is 32.3 Å². The fourth-order valence-corrected chi connectivity index (χ4v) is 5.77. The van der Waals surface area contributed by atoms with Crippen LogP contribution in [0.15, 0.2) is 53.4 Å². The van der Waals surface area contributed by atoms with E-state index >= 15 is 0 Å². The number of rotatable bonds is 4. The molecule has 1 N–H and O–H groups in total. The molecule has 4 rings (SSSR count). The number of hydrogen-bond acceptors (Lipinski definition) is 3. The van der Waals surface area contributed by atoms with E-state index in [1.54, 1.807) is 24.3 Å². The molecule has 1 saturated heterocycles. The number of nitrogens with zero attached hydrogens (tertiary/aromatic N) is 1. The van der Waals surface area contributed by atoms with Crippen molar-refractivity contribution in [2.75, 3.05) is 17.8 Å². The van der Waals surface area contributed by atoms with Crippen LogP contribution in [0, 0.1) is 18.8 Å². The maximum Gasteiger partial charge on any atom is 0.261 e. The molecule has 0 aromatic heterocycles. The van der Waals surface area contributed by atoms with Crippen molar-refractivity contribution in [3.05, 3.63) is 59.7 Å². The average Bonchev–Trinajstić information content (AvgIpc) is 2.74. The van der Waals surface area contributed by atoms with Gasteiger partial charge in [-0.15, -0.1) is 0 Å². The third-order valence-corrected chi connectivity index (χ3v) is 7.76. The third kappa shape index (κ3) is 4.32. The van der Waals surface area contributed by atoms with E-state index in [0.717, 1.165) is 31.0 Å². The predicted molar refractivity (Wildman–Crippen MR) is 114 cm³/mol. The summed E-state index contributed by atoms with van der Waals surface area (Å²) in [6, 6.07) is 13.5. The van der Waals surface area contributed by atoms with E-state index in [2.05, 4.69) is 4.72 Å². The number of nitrogens with one attached hydrogen (secondary N) is 1. The lowest BCUT2D eigenvalue weighted by molar-refractivity contribution is 0.0521. The highest BCUT2D eigenvalue weighted by Crippen LogP contribution is 2.36. The Bertz CT molecular complexity index is 985. The summed E-state index contributed by atoms with van der Waals surface area (Å²) in [5.41, 5.74) is 1.96. The minimum absolute atomic E-state index is 0.00448. The number of carbonyl (C=O) groups excluding carboxylic acids is 1. The SMILES string of the molecule is Cc1ccccc1NS(=O)(=O)c1ccc(C(=O)N2CC[C@@H]3CCCC[C@H]3C2)cc1. The van der Waals surface area contributed by atoms with Crippen LogP contribution < -0.4 is 4.72 Å². The first-order valence-corrected chi connectivity index (χ1v) is 11.9. The second-order valence-electron chi connectivity index (χ2n) is 8.29. The van der Waals surface area contributed by atoms with Crippen LogP contribution >= 0.6 is 0 Å². The molecule has 0 bridgehead atoms. The standard InChI is InChI=1S/C23H28N2O3S/c1-17-6-2-5-9-22(17)24-29(27,28)21-12-10-19(11-13-21)23(26)25-15-14-18-7-3-4-8-20(18)16-25/h2,5-6,9-13,18,20,24H,3-4,7-8,14-16H2,1H3/t18-,20-/m0/s1. The van der Waals surface area contributed by atoms with Crippen molar-refractivity contribution in [2.45, 2.75) is 43.9 Å². The summed E-state index contributed by atoms with van der Waals surface area (Å²) in [6.45, 7) is 3.49. The summed E-state index contributed by atoms with van der Waals surface area (Å²) in [7, 11) is -3.69. The number of likely N-dealkylation sites (tertiary alicyclic amines) is 1. The summed E-state index contributed by atoms with van der Waals surface area (Å²) in [5.74, 6) is 1.40. The van der Waals surface area contributed by atoms with Gasteiger partial charge in [0.25, 0.3) is 15.9 Å². The summed E-state index contributed by atoms with van der Waals surface area (Å²) in [5, 5.41) is 0. The fourth-order valence-electron chi connectivity index (χ4n) is 4.64. The zero-order chi connectivity index (χ0) is 20.4. The van der Waals surface area contributed by atoms with Crippen LogP contribution in [0.3, 0.4) is 0 Å². The van der Waals surface area contributed by atoms with Crippen molar-refractivity contribution in [1.29, 1.82) is 0 Å². The number of sulfonamides is 1. The van der Waals surface area contributed by atoms with Crippen molar-refractivity contribution in [1.82, 2.24) is 4.90 Å². The van der Waals surface area contributed by atoms with E-state index in [1.807, 2.05) is 24.0 Å². The summed E-state index contributed by atoms with van der Waals surface area (Å²) >= 11 is 0. The van der Waals surface area contributed by atoms with E-state index in [1.165, 1.54) is 37.8 Å². The Morgan fingerprint density at radius 3 is 2.38 bits per heavy atom. The van der Waals surface area contributed by atoms with Gasteiger partial charge in [0, 0.05) is 18.7 Å². The highest BCUT2D eigenvalue weighted by molar-refractivity contribution is 7.92. The Hall–Kier alpha value is -2.34. The molecule has 1 saturated carbocycles. The molecule has 0 unspecified atom stereocenters.